The first kappa shape index (κ1) is 17.5. The summed E-state index contributed by atoms with van der Waals surface area (Å²) in [7, 11) is 0. The number of piperidine rings is 1. The molecule has 2 saturated heterocycles. The van der Waals surface area contributed by atoms with Gasteiger partial charge in [0.2, 0.25) is 11.8 Å². The minimum absolute atomic E-state index is 0.0462. The number of carboxylic acids is 1. The zero-order chi connectivity index (χ0) is 18.1. The normalized spacial score (nSPS) is 23.8. The Labute approximate surface area is 147 Å². The largest absolute Gasteiger partial charge is 0.481 e. The number of aryl methyl sites for hydroxylation is 2. The molecule has 0 spiro atoms. The third-order valence-electron chi connectivity index (χ3n) is 5.07. The summed E-state index contributed by atoms with van der Waals surface area (Å²) in [6, 6.07) is 5.96. The zero-order valence-corrected chi connectivity index (χ0v) is 14.7. The van der Waals surface area contributed by atoms with Crippen LogP contribution in [0.4, 0.5) is 5.69 Å². The van der Waals surface area contributed by atoms with Crippen molar-refractivity contribution in [3.63, 3.8) is 0 Å². The second kappa shape index (κ2) is 6.86. The Morgan fingerprint density at radius 2 is 1.76 bits per heavy atom. The molecule has 0 saturated carbocycles. The van der Waals surface area contributed by atoms with Crippen LogP contribution in [0.5, 0.6) is 0 Å². The second-order valence-electron chi connectivity index (χ2n) is 7.21. The van der Waals surface area contributed by atoms with E-state index in [2.05, 4.69) is 0 Å². The summed E-state index contributed by atoms with van der Waals surface area (Å²) in [5.74, 6) is -1.87. The predicted octanol–water partition coefficient (Wildman–Crippen LogP) is 1.98. The number of anilines is 1. The van der Waals surface area contributed by atoms with Crippen molar-refractivity contribution in [3.05, 3.63) is 29.3 Å². The SMILES string of the molecule is Cc1cc(C)cc(N2CC(C(=O)N3CCCC(C(=O)O)C3)CC2=O)c1. The highest BCUT2D eigenvalue weighted by Gasteiger charge is 2.39. The monoisotopic (exact) mass is 344 g/mol. The Morgan fingerprint density at radius 3 is 2.40 bits per heavy atom. The average Bonchev–Trinajstić information content (AvgIpc) is 2.95. The van der Waals surface area contributed by atoms with E-state index in [1.165, 1.54) is 0 Å². The van der Waals surface area contributed by atoms with Gasteiger partial charge in [-0.1, -0.05) is 6.07 Å². The number of hydrogen-bond acceptors (Lipinski definition) is 3. The molecule has 2 fully saturated rings. The molecule has 2 heterocycles. The first-order valence-electron chi connectivity index (χ1n) is 8.75. The van der Waals surface area contributed by atoms with Crippen LogP contribution in [0.3, 0.4) is 0 Å². The van der Waals surface area contributed by atoms with Crippen LogP contribution < -0.4 is 4.90 Å². The van der Waals surface area contributed by atoms with Crippen LogP contribution in [0.1, 0.15) is 30.4 Å². The van der Waals surface area contributed by atoms with Crippen molar-refractivity contribution in [1.29, 1.82) is 0 Å². The number of carboxylic acid groups (broad SMARTS) is 1. The van der Waals surface area contributed by atoms with E-state index in [-0.39, 0.29) is 30.7 Å². The number of rotatable bonds is 3. The van der Waals surface area contributed by atoms with E-state index in [4.69, 9.17) is 0 Å². The topological polar surface area (TPSA) is 77.9 Å². The molecule has 1 N–H and O–H groups in total. The van der Waals surface area contributed by atoms with Gasteiger partial charge in [0.05, 0.1) is 11.8 Å². The summed E-state index contributed by atoms with van der Waals surface area (Å²) >= 11 is 0. The molecule has 2 aliphatic rings. The summed E-state index contributed by atoms with van der Waals surface area (Å²) in [5.41, 5.74) is 3.00. The van der Waals surface area contributed by atoms with E-state index in [9.17, 15) is 19.5 Å². The molecule has 6 nitrogen and oxygen atoms in total. The van der Waals surface area contributed by atoms with Gasteiger partial charge in [-0.25, -0.2) is 0 Å². The minimum atomic E-state index is -0.850. The van der Waals surface area contributed by atoms with Crippen molar-refractivity contribution >= 4 is 23.5 Å². The molecule has 2 amide bonds. The lowest BCUT2D eigenvalue weighted by molar-refractivity contribution is -0.146. The van der Waals surface area contributed by atoms with Gasteiger partial charge < -0.3 is 14.9 Å². The van der Waals surface area contributed by atoms with E-state index in [1.807, 2.05) is 32.0 Å². The Kier molecular flexibility index (Phi) is 4.79. The van der Waals surface area contributed by atoms with Crippen molar-refractivity contribution < 1.29 is 19.5 Å². The van der Waals surface area contributed by atoms with Gasteiger partial charge in [-0.15, -0.1) is 0 Å². The highest BCUT2D eigenvalue weighted by atomic mass is 16.4. The van der Waals surface area contributed by atoms with Crippen LogP contribution in [-0.2, 0) is 14.4 Å². The smallest absolute Gasteiger partial charge is 0.308 e. The second-order valence-corrected chi connectivity index (χ2v) is 7.21. The molecule has 6 heteroatoms. The Bertz CT molecular complexity index is 695. The number of carbonyl (C=O) groups excluding carboxylic acids is 2. The fraction of sp³-hybridized carbons (Fsp3) is 0.526. The zero-order valence-electron chi connectivity index (χ0n) is 14.7. The fourth-order valence-electron chi connectivity index (χ4n) is 3.87. The van der Waals surface area contributed by atoms with Crippen LogP contribution >= 0.6 is 0 Å². The van der Waals surface area contributed by atoms with Crippen molar-refractivity contribution in [1.82, 2.24) is 4.90 Å². The number of amides is 2. The fourth-order valence-corrected chi connectivity index (χ4v) is 3.87. The standard InChI is InChI=1S/C19H24N2O4/c1-12-6-13(2)8-16(7-12)21-11-15(9-17(21)22)18(23)20-5-3-4-14(10-20)19(24)25/h6-8,14-15H,3-5,9-11H2,1-2H3,(H,24,25). The Balaban J connectivity index is 1.71. The molecule has 0 radical (unpaired) electrons. The van der Waals surface area contributed by atoms with Gasteiger partial charge in [-0.3, -0.25) is 14.4 Å². The maximum Gasteiger partial charge on any atom is 0.308 e. The van der Waals surface area contributed by atoms with E-state index < -0.39 is 11.9 Å². The van der Waals surface area contributed by atoms with Crippen LogP contribution in [0, 0.1) is 25.7 Å². The number of benzene rings is 1. The quantitative estimate of drug-likeness (QED) is 0.909. The van der Waals surface area contributed by atoms with Crippen LogP contribution in [0.15, 0.2) is 18.2 Å². The highest BCUT2D eigenvalue weighted by Crippen LogP contribution is 2.29. The van der Waals surface area contributed by atoms with E-state index >= 15 is 0 Å². The molecule has 25 heavy (non-hydrogen) atoms. The number of hydrogen-bond donors (Lipinski definition) is 1. The van der Waals surface area contributed by atoms with Crippen molar-refractivity contribution in [2.45, 2.75) is 33.1 Å². The molecule has 0 aromatic heterocycles. The molecule has 0 aliphatic carbocycles. The lowest BCUT2D eigenvalue weighted by atomic mass is 9.96. The van der Waals surface area contributed by atoms with Crippen LogP contribution in [0.2, 0.25) is 0 Å². The molecule has 134 valence electrons. The first-order valence-corrected chi connectivity index (χ1v) is 8.75. The Hall–Kier alpha value is -2.37. The molecule has 2 atom stereocenters. The van der Waals surface area contributed by atoms with E-state index in [0.717, 1.165) is 16.8 Å². The molecular weight excluding hydrogens is 320 g/mol. The summed E-state index contributed by atoms with van der Waals surface area (Å²) in [5, 5.41) is 9.19. The molecule has 2 unspecified atom stereocenters. The maximum absolute atomic E-state index is 12.8. The van der Waals surface area contributed by atoms with E-state index in [1.54, 1.807) is 9.80 Å². The van der Waals surface area contributed by atoms with Crippen molar-refractivity contribution in [2.24, 2.45) is 11.8 Å². The van der Waals surface area contributed by atoms with Crippen molar-refractivity contribution in [2.75, 3.05) is 24.5 Å². The van der Waals surface area contributed by atoms with Crippen LogP contribution in [0.25, 0.3) is 0 Å². The number of nitrogens with zero attached hydrogens (tertiary/aromatic N) is 2. The number of carbonyl (C=O) groups is 3. The number of aliphatic carboxylic acids is 1. The molecule has 2 aliphatic heterocycles. The first-order chi connectivity index (χ1) is 11.8. The third kappa shape index (κ3) is 3.67. The van der Waals surface area contributed by atoms with Gasteiger partial charge in [-0.2, -0.15) is 0 Å². The lowest BCUT2D eigenvalue weighted by Gasteiger charge is -2.32. The van der Waals surface area contributed by atoms with Crippen molar-refractivity contribution in [3.8, 4) is 0 Å². The van der Waals surface area contributed by atoms with Gasteiger partial charge in [-0.05, 0) is 49.9 Å². The lowest BCUT2D eigenvalue weighted by Crippen LogP contribution is -2.45. The van der Waals surface area contributed by atoms with Gasteiger partial charge >= 0.3 is 5.97 Å². The highest BCUT2D eigenvalue weighted by molar-refractivity contribution is 6.00. The van der Waals surface area contributed by atoms with Gasteiger partial charge in [0, 0.05) is 31.7 Å². The maximum atomic E-state index is 12.8. The molecule has 1 aromatic carbocycles. The Morgan fingerprint density at radius 1 is 1.08 bits per heavy atom. The predicted molar refractivity (Wildman–Crippen MR) is 93.3 cm³/mol. The summed E-state index contributed by atoms with van der Waals surface area (Å²) < 4.78 is 0. The average molecular weight is 344 g/mol. The summed E-state index contributed by atoms with van der Waals surface area (Å²) in [6.45, 7) is 5.17. The van der Waals surface area contributed by atoms with Gasteiger partial charge in [0.25, 0.3) is 0 Å². The molecule has 1 aromatic rings. The molecule has 3 rings (SSSR count). The third-order valence-corrected chi connectivity index (χ3v) is 5.07. The molecular formula is C19H24N2O4. The molecule has 0 bridgehead atoms. The van der Waals surface area contributed by atoms with Gasteiger partial charge in [0.1, 0.15) is 0 Å². The summed E-state index contributed by atoms with van der Waals surface area (Å²) in [6.07, 6.45) is 1.50. The summed E-state index contributed by atoms with van der Waals surface area (Å²) in [4.78, 5) is 39.7. The minimum Gasteiger partial charge on any atom is -0.481 e. The van der Waals surface area contributed by atoms with Gasteiger partial charge in [0.15, 0.2) is 0 Å². The van der Waals surface area contributed by atoms with E-state index in [0.29, 0.717) is 25.9 Å². The van der Waals surface area contributed by atoms with Crippen LogP contribution in [-0.4, -0.2) is 47.4 Å². The number of likely N-dealkylation sites (tertiary alicyclic amines) is 1.